The average Bonchev–Trinajstić information content (AvgIpc) is 2.92. The summed E-state index contributed by atoms with van der Waals surface area (Å²) >= 11 is 0. The van der Waals surface area contributed by atoms with E-state index in [1.165, 1.54) is 4.90 Å². The Morgan fingerprint density at radius 3 is 2.25 bits per heavy atom. The van der Waals surface area contributed by atoms with Crippen LogP contribution in [0.25, 0.3) is 22.4 Å². The topological polar surface area (TPSA) is 142 Å². The van der Waals surface area contributed by atoms with E-state index in [-0.39, 0.29) is 17.9 Å². The van der Waals surface area contributed by atoms with E-state index in [0.717, 1.165) is 47.9 Å². The van der Waals surface area contributed by atoms with Crippen LogP contribution in [0.15, 0.2) is 60.7 Å². The van der Waals surface area contributed by atoms with Gasteiger partial charge in [-0.1, -0.05) is 54.6 Å². The zero-order chi connectivity index (χ0) is 28.5. The number of aromatic nitrogens is 2. The van der Waals surface area contributed by atoms with Crippen LogP contribution in [-0.4, -0.2) is 56.0 Å². The SMILES string of the molecule is CN(C(=O)O)[C@H]1CC[C@H](CC(=O)Nc2cc(-c3ccccc3)c(-c3ccc([C@]4(N)C[C@](C)(O)C4)cc3)nn2)CC1. The fourth-order valence-electron chi connectivity index (χ4n) is 6.32. The molecule has 0 atom stereocenters. The molecule has 5 N–H and O–H groups in total. The third-order valence-corrected chi connectivity index (χ3v) is 8.41. The smallest absolute Gasteiger partial charge is 0.407 e. The summed E-state index contributed by atoms with van der Waals surface area (Å²) in [7, 11) is 1.61. The lowest BCUT2D eigenvalue weighted by molar-refractivity contribution is -0.117. The van der Waals surface area contributed by atoms with Gasteiger partial charge in [0.1, 0.15) is 5.69 Å². The standard InChI is InChI=1S/C31H37N5O4/c1-30(40)18-31(32,19-30)23-12-10-22(11-13-23)28-25(21-6-4-3-5-7-21)17-26(34-35-28)33-27(37)16-20-8-14-24(15-9-20)36(2)29(38)39/h3-7,10-13,17,20,24,40H,8-9,14-16,18-19,32H2,1-2H3,(H,38,39)(H,33,34,37)/t20-,24-,30-,31-. The number of carbonyl (C=O) groups is 2. The summed E-state index contributed by atoms with van der Waals surface area (Å²) in [5.74, 6) is 0.481. The normalized spacial score (nSPS) is 26.0. The number of carboxylic acid groups (broad SMARTS) is 1. The van der Waals surface area contributed by atoms with Gasteiger partial charge in [-0.2, -0.15) is 0 Å². The Morgan fingerprint density at radius 2 is 1.65 bits per heavy atom. The van der Waals surface area contributed by atoms with E-state index >= 15 is 0 Å². The quantitative estimate of drug-likeness (QED) is 0.328. The van der Waals surface area contributed by atoms with Gasteiger partial charge in [-0.25, -0.2) is 4.79 Å². The third kappa shape index (κ3) is 6.00. The molecule has 210 valence electrons. The summed E-state index contributed by atoms with van der Waals surface area (Å²) in [6, 6.07) is 19.7. The molecule has 0 saturated heterocycles. The molecule has 0 radical (unpaired) electrons. The van der Waals surface area contributed by atoms with Crippen LogP contribution in [0.5, 0.6) is 0 Å². The molecule has 0 unspecified atom stereocenters. The Bertz CT molecular complexity index is 1360. The van der Waals surface area contributed by atoms with Crippen LogP contribution in [0.4, 0.5) is 10.6 Å². The molecule has 40 heavy (non-hydrogen) atoms. The number of carbonyl (C=O) groups excluding carboxylic acids is 1. The van der Waals surface area contributed by atoms with Gasteiger partial charge >= 0.3 is 6.09 Å². The molecule has 2 aromatic carbocycles. The minimum atomic E-state index is -0.913. The van der Waals surface area contributed by atoms with Gasteiger partial charge in [-0.05, 0) is 68.6 Å². The number of hydrogen-bond donors (Lipinski definition) is 4. The third-order valence-electron chi connectivity index (χ3n) is 8.41. The van der Waals surface area contributed by atoms with Crippen LogP contribution in [0.2, 0.25) is 0 Å². The molecule has 0 aliphatic heterocycles. The summed E-state index contributed by atoms with van der Waals surface area (Å²) < 4.78 is 0. The van der Waals surface area contributed by atoms with Gasteiger partial charge in [-0.15, -0.1) is 10.2 Å². The van der Waals surface area contributed by atoms with Crippen molar-refractivity contribution >= 4 is 17.8 Å². The second-order valence-corrected chi connectivity index (χ2v) is 11.8. The number of rotatable bonds is 7. The van der Waals surface area contributed by atoms with Gasteiger partial charge < -0.3 is 26.2 Å². The zero-order valence-corrected chi connectivity index (χ0v) is 23.0. The van der Waals surface area contributed by atoms with Gasteiger partial charge in [0.25, 0.3) is 0 Å². The fourth-order valence-corrected chi connectivity index (χ4v) is 6.32. The minimum absolute atomic E-state index is 0.0108. The van der Waals surface area contributed by atoms with Crippen molar-refractivity contribution in [3.8, 4) is 22.4 Å². The van der Waals surface area contributed by atoms with Crippen LogP contribution >= 0.6 is 0 Å². The molecular formula is C31H37N5O4. The maximum absolute atomic E-state index is 12.9. The maximum Gasteiger partial charge on any atom is 0.407 e. The van der Waals surface area contributed by atoms with Crippen LogP contribution in [0, 0.1) is 5.92 Å². The van der Waals surface area contributed by atoms with E-state index < -0.39 is 17.2 Å². The molecule has 9 heteroatoms. The Hall–Kier alpha value is -3.82. The van der Waals surface area contributed by atoms with E-state index in [1.54, 1.807) is 14.0 Å². The summed E-state index contributed by atoms with van der Waals surface area (Å²) in [6.07, 6.45) is 3.63. The molecule has 2 fully saturated rings. The van der Waals surface area contributed by atoms with Crippen LogP contribution in [-0.2, 0) is 10.3 Å². The number of nitrogens with zero attached hydrogens (tertiary/aromatic N) is 3. The van der Waals surface area contributed by atoms with Crippen molar-refractivity contribution in [3.63, 3.8) is 0 Å². The van der Waals surface area contributed by atoms with Gasteiger partial charge in [0.15, 0.2) is 5.82 Å². The van der Waals surface area contributed by atoms with Gasteiger partial charge in [0, 0.05) is 36.2 Å². The number of hydrogen-bond acceptors (Lipinski definition) is 6. The van der Waals surface area contributed by atoms with Crippen molar-refractivity contribution in [1.29, 1.82) is 0 Å². The van der Waals surface area contributed by atoms with E-state index in [4.69, 9.17) is 5.73 Å². The molecule has 0 bridgehead atoms. The molecule has 2 saturated carbocycles. The molecule has 0 spiro atoms. The number of benzene rings is 2. The Kier molecular flexibility index (Phi) is 7.61. The fraction of sp³-hybridized carbons (Fsp3) is 0.419. The Balaban J connectivity index is 1.30. The summed E-state index contributed by atoms with van der Waals surface area (Å²) in [5, 5.41) is 31.2. The van der Waals surface area contributed by atoms with E-state index in [0.29, 0.717) is 30.8 Å². The van der Waals surface area contributed by atoms with Crippen molar-refractivity contribution in [2.24, 2.45) is 11.7 Å². The number of anilines is 1. The first-order valence-electron chi connectivity index (χ1n) is 13.8. The van der Waals surface area contributed by atoms with Crippen molar-refractivity contribution in [2.45, 2.75) is 69.1 Å². The second kappa shape index (κ2) is 11.0. The van der Waals surface area contributed by atoms with Gasteiger partial charge in [0.2, 0.25) is 5.91 Å². The van der Waals surface area contributed by atoms with E-state index in [2.05, 4.69) is 15.5 Å². The average molecular weight is 544 g/mol. The summed E-state index contributed by atoms with van der Waals surface area (Å²) in [6.45, 7) is 1.81. The molecule has 2 aliphatic rings. The molecular weight excluding hydrogens is 506 g/mol. The zero-order valence-electron chi connectivity index (χ0n) is 23.0. The molecule has 5 rings (SSSR count). The highest BCUT2D eigenvalue weighted by Gasteiger charge is 2.49. The highest BCUT2D eigenvalue weighted by molar-refractivity contribution is 5.91. The summed E-state index contributed by atoms with van der Waals surface area (Å²) in [5.41, 5.74) is 9.63. The first-order valence-corrected chi connectivity index (χ1v) is 13.8. The number of amides is 2. The first-order chi connectivity index (χ1) is 19.0. The van der Waals surface area contributed by atoms with Crippen molar-refractivity contribution in [1.82, 2.24) is 15.1 Å². The number of nitrogens with one attached hydrogen (secondary N) is 1. The number of nitrogens with two attached hydrogens (primary N) is 1. The largest absolute Gasteiger partial charge is 0.465 e. The highest BCUT2D eigenvalue weighted by Crippen LogP contribution is 2.46. The van der Waals surface area contributed by atoms with Crippen LogP contribution in [0.1, 0.15) is 57.4 Å². The lowest BCUT2D eigenvalue weighted by Gasteiger charge is -2.49. The molecule has 3 aromatic rings. The first kappa shape index (κ1) is 27.7. The lowest BCUT2D eigenvalue weighted by Crippen LogP contribution is -2.58. The Labute approximate surface area is 234 Å². The van der Waals surface area contributed by atoms with Gasteiger partial charge in [0.05, 0.1) is 5.60 Å². The lowest BCUT2D eigenvalue weighted by atomic mass is 9.63. The predicted octanol–water partition coefficient (Wildman–Crippen LogP) is 5.01. The number of aliphatic hydroxyl groups is 1. The highest BCUT2D eigenvalue weighted by atomic mass is 16.4. The maximum atomic E-state index is 12.9. The van der Waals surface area contributed by atoms with E-state index in [9.17, 15) is 19.8 Å². The second-order valence-electron chi connectivity index (χ2n) is 11.8. The molecule has 2 amide bonds. The van der Waals surface area contributed by atoms with Crippen LogP contribution < -0.4 is 11.1 Å². The van der Waals surface area contributed by atoms with Crippen molar-refractivity contribution < 1.29 is 19.8 Å². The summed E-state index contributed by atoms with van der Waals surface area (Å²) in [4.78, 5) is 25.5. The predicted molar refractivity (Wildman–Crippen MR) is 153 cm³/mol. The van der Waals surface area contributed by atoms with Gasteiger partial charge in [-0.3, -0.25) is 4.79 Å². The Morgan fingerprint density at radius 1 is 1.00 bits per heavy atom. The molecule has 2 aliphatic carbocycles. The molecule has 1 heterocycles. The minimum Gasteiger partial charge on any atom is -0.465 e. The van der Waals surface area contributed by atoms with Crippen LogP contribution in [0.3, 0.4) is 0 Å². The van der Waals surface area contributed by atoms with Crippen molar-refractivity contribution in [3.05, 3.63) is 66.2 Å². The monoisotopic (exact) mass is 543 g/mol. The molecule has 9 nitrogen and oxygen atoms in total. The van der Waals surface area contributed by atoms with E-state index in [1.807, 2.05) is 60.7 Å². The van der Waals surface area contributed by atoms with Crippen molar-refractivity contribution in [2.75, 3.05) is 12.4 Å². The molecule has 1 aromatic heterocycles.